The van der Waals surface area contributed by atoms with Gasteiger partial charge in [-0.15, -0.1) is 0 Å². The van der Waals surface area contributed by atoms with Crippen molar-refractivity contribution < 1.29 is 19.7 Å². The minimum atomic E-state index is -1.16. The smallest absolute Gasteiger partial charge is 0.407 e. The fourth-order valence-electron chi connectivity index (χ4n) is 2.18. The van der Waals surface area contributed by atoms with Crippen LogP contribution in [-0.4, -0.2) is 29.0 Å². The second kappa shape index (κ2) is 8.33. The Morgan fingerprint density at radius 3 is 2.58 bits per heavy atom. The Morgan fingerprint density at radius 2 is 1.92 bits per heavy atom. The van der Waals surface area contributed by atoms with Gasteiger partial charge in [0.1, 0.15) is 18.8 Å². The summed E-state index contributed by atoms with van der Waals surface area (Å²) in [4.78, 5) is 11.6. The van der Waals surface area contributed by atoms with E-state index in [1.165, 1.54) is 0 Å². The molecule has 0 fully saturated rings. The van der Waals surface area contributed by atoms with Gasteiger partial charge in [0, 0.05) is 12.2 Å². The molecule has 0 aliphatic heterocycles. The van der Waals surface area contributed by atoms with E-state index in [1.54, 1.807) is 18.2 Å². The molecular weight excluding hydrogens is 308 g/mol. The van der Waals surface area contributed by atoms with Crippen molar-refractivity contribution in [1.82, 2.24) is 5.32 Å². The summed E-state index contributed by atoms with van der Waals surface area (Å²) in [7, 11) is 0. The average Bonchev–Trinajstić information content (AvgIpc) is 2.60. The lowest BCUT2D eigenvalue weighted by molar-refractivity contribution is 0.0184. The lowest BCUT2D eigenvalue weighted by atomic mass is 10.0. The van der Waals surface area contributed by atoms with Crippen LogP contribution < -0.4 is 11.1 Å². The van der Waals surface area contributed by atoms with Gasteiger partial charge in [-0.3, -0.25) is 0 Å². The third-order valence-corrected chi connectivity index (χ3v) is 3.67. The van der Waals surface area contributed by atoms with Crippen LogP contribution >= 0.6 is 0 Å². The second-order valence-corrected chi connectivity index (χ2v) is 5.57. The van der Waals surface area contributed by atoms with Crippen molar-refractivity contribution in [3.8, 4) is 0 Å². The first kappa shape index (κ1) is 17.8. The number of rotatable bonds is 6. The highest BCUT2D eigenvalue weighted by Gasteiger charge is 2.19. The van der Waals surface area contributed by atoms with E-state index in [0.717, 1.165) is 11.1 Å². The van der Waals surface area contributed by atoms with Crippen LogP contribution in [0.2, 0.25) is 0 Å². The van der Waals surface area contributed by atoms with Crippen LogP contribution in [0.1, 0.15) is 22.8 Å². The maximum Gasteiger partial charge on any atom is 0.407 e. The van der Waals surface area contributed by atoms with E-state index < -0.39 is 18.3 Å². The lowest BCUT2D eigenvalue weighted by Crippen LogP contribution is -2.35. The van der Waals surface area contributed by atoms with Crippen molar-refractivity contribution >= 4 is 11.8 Å². The van der Waals surface area contributed by atoms with Crippen LogP contribution in [0.15, 0.2) is 48.5 Å². The number of nitrogens with one attached hydrogen (secondary N) is 1. The van der Waals surface area contributed by atoms with Crippen LogP contribution in [0.3, 0.4) is 0 Å². The number of aryl methyl sites for hydroxylation is 1. The summed E-state index contributed by atoms with van der Waals surface area (Å²) < 4.78 is 5.04. The maximum absolute atomic E-state index is 11.6. The highest BCUT2D eigenvalue weighted by Crippen LogP contribution is 2.21. The number of hydrogen-bond acceptors (Lipinski definition) is 5. The number of anilines is 1. The number of nitrogen functional groups attached to an aromatic ring is 1. The van der Waals surface area contributed by atoms with E-state index in [1.807, 2.05) is 37.3 Å². The maximum atomic E-state index is 11.6. The molecule has 1 amide bonds. The number of nitrogens with two attached hydrogens (primary N) is 1. The van der Waals surface area contributed by atoms with E-state index in [0.29, 0.717) is 11.3 Å². The SMILES string of the molecule is Cc1cc(C(O)C(O)CNC(=O)OCc2ccccc2)ccc1N. The summed E-state index contributed by atoms with van der Waals surface area (Å²) in [5, 5.41) is 22.6. The molecule has 6 nitrogen and oxygen atoms in total. The molecule has 5 N–H and O–H groups in total. The average molecular weight is 330 g/mol. The first-order valence-corrected chi connectivity index (χ1v) is 7.64. The monoisotopic (exact) mass is 330 g/mol. The summed E-state index contributed by atoms with van der Waals surface area (Å²) in [5.41, 5.74) is 8.56. The number of hydrogen-bond donors (Lipinski definition) is 4. The minimum Gasteiger partial charge on any atom is -0.445 e. The van der Waals surface area contributed by atoms with Crippen molar-refractivity contribution in [1.29, 1.82) is 0 Å². The molecule has 2 aromatic carbocycles. The number of carbonyl (C=O) groups excluding carboxylic acids is 1. The highest BCUT2D eigenvalue weighted by molar-refractivity contribution is 5.67. The van der Waals surface area contributed by atoms with E-state index in [-0.39, 0.29) is 13.2 Å². The number of ether oxygens (including phenoxy) is 1. The van der Waals surface area contributed by atoms with Crippen molar-refractivity contribution in [3.05, 3.63) is 65.2 Å². The molecule has 24 heavy (non-hydrogen) atoms. The van der Waals surface area contributed by atoms with Gasteiger partial charge in [0.25, 0.3) is 0 Å². The number of carbonyl (C=O) groups is 1. The molecule has 0 saturated heterocycles. The number of aliphatic hydroxyl groups excluding tert-OH is 2. The van der Waals surface area contributed by atoms with Crippen molar-refractivity contribution in [2.45, 2.75) is 25.7 Å². The van der Waals surface area contributed by atoms with E-state index in [2.05, 4.69) is 5.32 Å². The highest BCUT2D eigenvalue weighted by atomic mass is 16.5. The van der Waals surface area contributed by atoms with E-state index >= 15 is 0 Å². The molecule has 0 radical (unpaired) electrons. The van der Waals surface area contributed by atoms with Gasteiger partial charge >= 0.3 is 6.09 Å². The summed E-state index contributed by atoms with van der Waals surface area (Å²) in [6, 6.07) is 14.3. The Bertz CT molecular complexity index is 676. The van der Waals surface area contributed by atoms with Crippen LogP contribution in [0.25, 0.3) is 0 Å². The zero-order valence-corrected chi connectivity index (χ0v) is 13.5. The Balaban J connectivity index is 1.80. The van der Waals surface area contributed by atoms with Crippen molar-refractivity contribution in [3.63, 3.8) is 0 Å². The minimum absolute atomic E-state index is 0.127. The molecule has 2 unspecified atom stereocenters. The van der Waals surface area contributed by atoms with Gasteiger partial charge in [0.15, 0.2) is 0 Å². The predicted molar refractivity (Wildman–Crippen MR) is 91.2 cm³/mol. The molecule has 2 atom stereocenters. The zero-order chi connectivity index (χ0) is 17.5. The molecule has 0 spiro atoms. The molecule has 2 rings (SSSR count). The van der Waals surface area contributed by atoms with E-state index in [9.17, 15) is 15.0 Å². The number of aliphatic hydroxyl groups is 2. The fraction of sp³-hybridized carbons (Fsp3) is 0.278. The third-order valence-electron chi connectivity index (χ3n) is 3.67. The Hall–Kier alpha value is -2.57. The van der Waals surface area contributed by atoms with E-state index in [4.69, 9.17) is 10.5 Å². The number of alkyl carbamates (subject to hydrolysis) is 1. The molecule has 0 heterocycles. The summed E-state index contributed by atoms with van der Waals surface area (Å²) in [6.07, 6.45) is -2.94. The number of amides is 1. The molecule has 128 valence electrons. The molecule has 2 aromatic rings. The number of benzene rings is 2. The van der Waals surface area contributed by atoms with Gasteiger partial charge in [-0.1, -0.05) is 42.5 Å². The molecular formula is C18H22N2O4. The molecule has 0 aromatic heterocycles. The Morgan fingerprint density at radius 1 is 1.21 bits per heavy atom. The lowest BCUT2D eigenvalue weighted by Gasteiger charge is -2.19. The summed E-state index contributed by atoms with van der Waals surface area (Å²) in [6.45, 7) is 1.83. The van der Waals surface area contributed by atoms with Crippen molar-refractivity contribution in [2.75, 3.05) is 12.3 Å². The second-order valence-electron chi connectivity index (χ2n) is 5.57. The molecule has 0 aliphatic carbocycles. The predicted octanol–water partition coefficient (Wildman–Crippen LogP) is 1.90. The standard InChI is InChI=1S/C18H22N2O4/c1-12-9-14(7-8-15(12)19)17(22)16(21)10-20-18(23)24-11-13-5-3-2-4-6-13/h2-9,16-17,21-22H,10-11,19H2,1H3,(H,20,23). The topological polar surface area (TPSA) is 105 Å². The first-order chi connectivity index (χ1) is 11.5. The molecule has 0 aliphatic rings. The van der Waals surface area contributed by atoms with Crippen LogP contribution in [0.5, 0.6) is 0 Å². The van der Waals surface area contributed by atoms with Crippen LogP contribution in [0.4, 0.5) is 10.5 Å². The van der Waals surface area contributed by atoms with Gasteiger partial charge in [0.05, 0.1) is 0 Å². The van der Waals surface area contributed by atoms with Crippen molar-refractivity contribution in [2.24, 2.45) is 0 Å². The Labute approximate surface area is 140 Å². The summed E-state index contributed by atoms with van der Waals surface area (Å²) >= 11 is 0. The molecule has 0 saturated carbocycles. The summed E-state index contributed by atoms with van der Waals surface area (Å²) in [5.74, 6) is 0. The van der Waals surface area contributed by atoms with Gasteiger partial charge in [-0.05, 0) is 29.7 Å². The molecule has 0 bridgehead atoms. The normalized spacial score (nSPS) is 13.1. The van der Waals surface area contributed by atoms with Gasteiger partial charge in [-0.2, -0.15) is 0 Å². The quantitative estimate of drug-likeness (QED) is 0.606. The van der Waals surface area contributed by atoms with Gasteiger partial charge < -0.3 is 26.0 Å². The Kier molecular flexibility index (Phi) is 6.17. The fourth-order valence-corrected chi connectivity index (χ4v) is 2.18. The molecule has 6 heteroatoms. The van der Waals surface area contributed by atoms with Gasteiger partial charge in [0.2, 0.25) is 0 Å². The zero-order valence-electron chi connectivity index (χ0n) is 13.5. The van der Waals surface area contributed by atoms with Crippen LogP contribution in [-0.2, 0) is 11.3 Å². The largest absolute Gasteiger partial charge is 0.445 e. The van der Waals surface area contributed by atoms with Gasteiger partial charge in [-0.25, -0.2) is 4.79 Å². The first-order valence-electron chi connectivity index (χ1n) is 7.64. The third kappa shape index (κ3) is 4.97. The van der Waals surface area contributed by atoms with Crippen LogP contribution in [0, 0.1) is 6.92 Å².